The van der Waals surface area contributed by atoms with Gasteiger partial charge in [-0.25, -0.2) is 0 Å². The van der Waals surface area contributed by atoms with Crippen molar-refractivity contribution in [3.63, 3.8) is 0 Å². The van der Waals surface area contributed by atoms with E-state index in [-0.39, 0.29) is 30.3 Å². The number of rotatable bonds is 5. The average molecular weight is 268 g/mol. The molecule has 0 aromatic heterocycles. The van der Waals surface area contributed by atoms with Gasteiger partial charge in [0.25, 0.3) is 0 Å². The summed E-state index contributed by atoms with van der Waals surface area (Å²) in [6.07, 6.45) is 0. The number of hydrogen-bond acceptors (Lipinski definition) is 4. The van der Waals surface area contributed by atoms with Gasteiger partial charge in [0.2, 0.25) is 5.24 Å². The number of hydrogen-bond donors (Lipinski definition) is 0. The fraction of sp³-hybridized carbons (Fsp3) is 0.385. The predicted molar refractivity (Wildman–Crippen MR) is 67.0 cm³/mol. The molecule has 0 amide bonds. The van der Waals surface area contributed by atoms with Crippen molar-refractivity contribution in [2.75, 3.05) is 19.6 Å². The SMILES string of the molecule is O=C(CN1CC(C(=O)Cl)C1)OCc1ccccc1. The van der Waals surface area contributed by atoms with E-state index in [1.165, 1.54) is 0 Å². The summed E-state index contributed by atoms with van der Waals surface area (Å²) in [5.41, 5.74) is 0.961. The molecule has 0 N–H and O–H groups in total. The van der Waals surface area contributed by atoms with Gasteiger partial charge in [-0.2, -0.15) is 0 Å². The summed E-state index contributed by atoms with van der Waals surface area (Å²) >= 11 is 5.34. The van der Waals surface area contributed by atoms with Crippen LogP contribution in [0, 0.1) is 5.92 Å². The molecule has 0 saturated carbocycles. The quantitative estimate of drug-likeness (QED) is 0.598. The van der Waals surface area contributed by atoms with E-state index >= 15 is 0 Å². The van der Waals surface area contributed by atoms with Crippen molar-refractivity contribution in [3.05, 3.63) is 35.9 Å². The summed E-state index contributed by atoms with van der Waals surface area (Å²) in [5, 5.41) is -0.330. The third-order valence-corrected chi connectivity index (χ3v) is 3.18. The molecule has 0 bridgehead atoms. The molecule has 1 aliphatic heterocycles. The molecule has 0 unspecified atom stereocenters. The van der Waals surface area contributed by atoms with Crippen LogP contribution in [0.2, 0.25) is 0 Å². The minimum absolute atomic E-state index is 0.131. The molecule has 1 aromatic carbocycles. The van der Waals surface area contributed by atoms with Gasteiger partial charge in [0.15, 0.2) is 0 Å². The second-order valence-electron chi connectivity index (χ2n) is 4.34. The van der Waals surface area contributed by atoms with E-state index in [9.17, 15) is 9.59 Å². The average Bonchev–Trinajstić information content (AvgIpc) is 2.31. The van der Waals surface area contributed by atoms with Crippen LogP contribution in [0.4, 0.5) is 0 Å². The van der Waals surface area contributed by atoms with Crippen molar-refractivity contribution in [1.29, 1.82) is 0 Å². The molecule has 4 nitrogen and oxygen atoms in total. The lowest BCUT2D eigenvalue weighted by Gasteiger charge is -2.35. The van der Waals surface area contributed by atoms with Gasteiger partial charge in [-0.1, -0.05) is 30.3 Å². The van der Waals surface area contributed by atoms with Crippen molar-refractivity contribution in [2.24, 2.45) is 5.92 Å². The number of halogens is 1. The molecule has 0 spiro atoms. The molecule has 2 rings (SSSR count). The first kappa shape index (κ1) is 13.1. The van der Waals surface area contributed by atoms with Gasteiger partial charge in [0, 0.05) is 13.1 Å². The first-order valence-corrected chi connectivity index (χ1v) is 6.14. The Labute approximate surface area is 110 Å². The van der Waals surface area contributed by atoms with Gasteiger partial charge < -0.3 is 4.74 Å². The smallest absolute Gasteiger partial charge is 0.320 e. The Kier molecular flexibility index (Phi) is 4.33. The van der Waals surface area contributed by atoms with Crippen LogP contribution in [0.3, 0.4) is 0 Å². The van der Waals surface area contributed by atoms with Crippen molar-refractivity contribution in [2.45, 2.75) is 6.61 Å². The maximum absolute atomic E-state index is 11.5. The number of benzene rings is 1. The van der Waals surface area contributed by atoms with E-state index in [0.29, 0.717) is 13.1 Å². The van der Waals surface area contributed by atoms with Gasteiger partial charge in [0.1, 0.15) is 6.61 Å². The third kappa shape index (κ3) is 3.55. The molecule has 5 heteroatoms. The van der Waals surface area contributed by atoms with E-state index in [2.05, 4.69) is 0 Å². The van der Waals surface area contributed by atoms with Crippen molar-refractivity contribution in [1.82, 2.24) is 4.90 Å². The Morgan fingerprint density at radius 1 is 1.28 bits per heavy atom. The van der Waals surface area contributed by atoms with Gasteiger partial charge in [-0.15, -0.1) is 0 Å². The minimum atomic E-state index is -0.330. The topological polar surface area (TPSA) is 46.6 Å². The van der Waals surface area contributed by atoms with Gasteiger partial charge in [0.05, 0.1) is 12.5 Å². The highest BCUT2D eigenvalue weighted by Gasteiger charge is 2.32. The monoisotopic (exact) mass is 267 g/mol. The highest BCUT2D eigenvalue weighted by Crippen LogP contribution is 2.17. The molecular formula is C13H14ClNO3. The Morgan fingerprint density at radius 2 is 1.94 bits per heavy atom. The van der Waals surface area contributed by atoms with E-state index in [0.717, 1.165) is 5.56 Å². The van der Waals surface area contributed by atoms with Crippen molar-refractivity contribution < 1.29 is 14.3 Å². The summed E-state index contributed by atoms with van der Waals surface area (Å²) in [4.78, 5) is 24.2. The summed E-state index contributed by atoms with van der Waals surface area (Å²) in [5.74, 6) is -0.409. The lowest BCUT2D eigenvalue weighted by molar-refractivity contribution is -0.148. The Balaban J connectivity index is 1.66. The Bertz CT molecular complexity index is 429. The molecule has 0 radical (unpaired) electrons. The molecule has 1 aliphatic rings. The van der Waals surface area contributed by atoms with Crippen LogP contribution >= 0.6 is 11.6 Å². The summed E-state index contributed by atoms with van der Waals surface area (Å²) < 4.78 is 5.13. The fourth-order valence-electron chi connectivity index (χ4n) is 1.81. The zero-order valence-electron chi connectivity index (χ0n) is 9.84. The first-order valence-electron chi connectivity index (χ1n) is 5.76. The minimum Gasteiger partial charge on any atom is -0.460 e. The highest BCUT2D eigenvalue weighted by atomic mass is 35.5. The Morgan fingerprint density at radius 3 is 2.56 bits per heavy atom. The van der Waals surface area contributed by atoms with Gasteiger partial charge in [-0.3, -0.25) is 14.5 Å². The number of carbonyl (C=O) groups excluding carboxylic acids is 2. The zero-order valence-corrected chi connectivity index (χ0v) is 10.6. The van der Waals surface area contributed by atoms with Crippen LogP contribution in [-0.2, 0) is 20.9 Å². The zero-order chi connectivity index (χ0) is 13.0. The molecule has 1 heterocycles. The predicted octanol–water partition coefficient (Wildman–Crippen LogP) is 1.43. The number of esters is 1. The molecule has 1 saturated heterocycles. The van der Waals surface area contributed by atoms with Gasteiger partial charge >= 0.3 is 5.97 Å². The molecular weight excluding hydrogens is 254 g/mol. The summed E-state index contributed by atoms with van der Waals surface area (Å²) in [6.45, 7) is 1.59. The lowest BCUT2D eigenvalue weighted by atomic mass is 10.0. The number of ether oxygens (including phenoxy) is 1. The first-order chi connectivity index (χ1) is 8.65. The van der Waals surface area contributed by atoms with E-state index in [4.69, 9.17) is 16.3 Å². The lowest BCUT2D eigenvalue weighted by Crippen LogP contribution is -2.51. The largest absolute Gasteiger partial charge is 0.460 e. The van der Waals surface area contributed by atoms with Crippen LogP contribution in [0.5, 0.6) is 0 Å². The molecule has 1 aromatic rings. The number of nitrogens with zero attached hydrogens (tertiary/aromatic N) is 1. The molecule has 1 fully saturated rings. The van der Waals surface area contributed by atoms with Crippen LogP contribution < -0.4 is 0 Å². The van der Waals surface area contributed by atoms with Gasteiger partial charge in [-0.05, 0) is 17.2 Å². The van der Waals surface area contributed by atoms with E-state index in [1.807, 2.05) is 35.2 Å². The van der Waals surface area contributed by atoms with Crippen LogP contribution in [0.25, 0.3) is 0 Å². The maximum Gasteiger partial charge on any atom is 0.320 e. The number of likely N-dealkylation sites (tertiary alicyclic amines) is 1. The van der Waals surface area contributed by atoms with Crippen molar-refractivity contribution in [3.8, 4) is 0 Å². The molecule has 0 aliphatic carbocycles. The number of carbonyl (C=O) groups is 2. The maximum atomic E-state index is 11.5. The van der Waals surface area contributed by atoms with E-state index in [1.54, 1.807) is 0 Å². The second kappa shape index (κ2) is 5.98. The molecule has 18 heavy (non-hydrogen) atoms. The summed E-state index contributed by atoms with van der Waals surface area (Å²) in [6, 6.07) is 9.51. The second-order valence-corrected chi connectivity index (χ2v) is 4.71. The van der Waals surface area contributed by atoms with Crippen LogP contribution in [-0.4, -0.2) is 35.7 Å². The fourth-order valence-corrected chi connectivity index (χ4v) is 1.95. The van der Waals surface area contributed by atoms with Crippen LogP contribution in [0.15, 0.2) is 30.3 Å². The Hall–Kier alpha value is -1.39. The molecule has 96 valence electrons. The normalized spacial score (nSPS) is 16.1. The standard InChI is InChI=1S/C13H14ClNO3/c14-13(17)11-6-15(7-11)8-12(16)18-9-10-4-2-1-3-5-10/h1-5,11H,6-9H2. The van der Waals surface area contributed by atoms with E-state index < -0.39 is 0 Å². The van der Waals surface area contributed by atoms with Crippen LogP contribution in [0.1, 0.15) is 5.56 Å². The highest BCUT2D eigenvalue weighted by molar-refractivity contribution is 6.64. The third-order valence-electron chi connectivity index (χ3n) is 2.87. The summed E-state index contributed by atoms with van der Waals surface area (Å²) in [7, 11) is 0. The van der Waals surface area contributed by atoms with Crippen molar-refractivity contribution >= 4 is 22.8 Å². The molecule has 0 atom stereocenters.